The van der Waals surface area contributed by atoms with Crippen LogP contribution in [0.15, 0.2) is 24.3 Å². The number of likely N-dealkylation sites (tertiary alicyclic amines) is 1. The first kappa shape index (κ1) is 17.1. The molecule has 2 unspecified atom stereocenters. The van der Waals surface area contributed by atoms with Crippen LogP contribution >= 0.6 is 0 Å². The molecular weight excluding hydrogens is 301 g/mol. The van der Waals surface area contributed by atoms with Crippen LogP contribution < -0.4 is 0 Å². The number of Topliss-reactive ketones (excluding diaryl/α,β-unsaturated/α-hetero) is 1. The summed E-state index contributed by atoms with van der Waals surface area (Å²) in [5.41, 5.74) is 0.243. The third-order valence-electron chi connectivity index (χ3n) is 4.16. The Hall–Kier alpha value is -2.24. The topological polar surface area (TPSA) is 74.7 Å². The minimum Gasteiger partial charge on any atom is -0.481 e. The Labute approximate surface area is 134 Å². The fourth-order valence-corrected chi connectivity index (χ4v) is 2.82. The number of benzene rings is 1. The molecule has 1 saturated heterocycles. The van der Waals surface area contributed by atoms with Gasteiger partial charge in [-0.15, -0.1) is 0 Å². The lowest BCUT2D eigenvalue weighted by molar-refractivity contribution is -0.145. The van der Waals surface area contributed by atoms with Gasteiger partial charge in [-0.1, -0.05) is 19.1 Å². The van der Waals surface area contributed by atoms with Crippen LogP contribution in [-0.2, 0) is 9.59 Å². The van der Waals surface area contributed by atoms with E-state index in [0.717, 1.165) is 6.07 Å². The zero-order valence-corrected chi connectivity index (χ0v) is 13.0. The highest BCUT2D eigenvalue weighted by molar-refractivity contribution is 5.99. The Bertz CT molecular complexity index is 616. The molecule has 0 aromatic heterocycles. The van der Waals surface area contributed by atoms with Gasteiger partial charge in [0.1, 0.15) is 5.82 Å². The van der Waals surface area contributed by atoms with Gasteiger partial charge in [-0.3, -0.25) is 14.4 Å². The van der Waals surface area contributed by atoms with Gasteiger partial charge < -0.3 is 10.0 Å². The summed E-state index contributed by atoms with van der Waals surface area (Å²) in [5.74, 6) is -3.02. The molecule has 1 aromatic carbocycles. The molecule has 0 saturated carbocycles. The van der Waals surface area contributed by atoms with Crippen molar-refractivity contribution in [3.05, 3.63) is 35.6 Å². The molecule has 124 valence electrons. The summed E-state index contributed by atoms with van der Waals surface area (Å²) in [5, 5.41) is 9.05. The van der Waals surface area contributed by atoms with Crippen LogP contribution in [0.5, 0.6) is 0 Å². The number of rotatable bonds is 5. The number of nitrogens with zero attached hydrogens (tertiary/aromatic N) is 1. The maximum absolute atomic E-state index is 13.2. The van der Waals surface area contributed by atoms with Gasteiger partial charge in [-0.25, -0.2) is 4.39 Å². The molecule has 0 aliphatic carbocycles. The number of aliphatic carboxylic acids is 1. The minimum absolute atomic E-state index is 0.00167. The number of carboxylic acids is 1. The lowest BCUT2D eigenvalue weighted by Gasteiger charge is -2.31. The lowest BCUT2D eigenvalue weighted by Crippen LogP contribution is -2.43. The SMILES string of the molecule is CC(CC(=O)N1CCCC(C(=O)O)C1)C(=O)c1cccc(F)c1. The fraction of sp³-hybridized carbons (Fsp3) is 0.471. The first-order valence-corrected chi connectivity index (χ1v) is 7.69. The summed E-state index contributed by atoms with van der Waals surface area (Å²) < 4.78 is 13.2. The van der Waals surface area contributed by atoms with Gasteiger partial charge in [0.2, 0.25) is 5.91 Å². The summed E-state index contributed by atoms with van der Waals surface area (Å²) in [6, 6.07) is 5.39. The van der Waals surface area contributed by atoms with Gasteiger partial charge in [-0.2, -0.15) is 0 Å². The third-order valence-corrected chi connectivity index (χ3v) is 4.16. The van der Waals surface area contributed by atoms with E-state index in [9.17, 15) is 18.8 Å². The molecule has 1 aromatic rings. The molecule has 1 fully saturated rings. The van der Waals surface area contributed by atoms with Crippen molar-refractivity contribution < 1.29 is 23.9 Å². The van der Waals surface area contributed by atoms with E-state index in [1.807, 2.05) is 0 Å². The molecule has 2 atom stereocenters. The van der Waals surface area contributed by atoms with E-state index in [-0.39, 0.29) is 30.2 Å². The molecule has 2 rings (SSSR count). The van der Waals surface area contributed by atoms with Crippen LogP contribution in [0.25, 0.3) is 0 Å². The number of halogens is 1. The van der Waals surface area contributed by atoms with Crippen molar-refractivity contribution in [2.45, 2.75) is 26.2 Å². The molecule has 1 aliphatic rings. The zero-order chi connectivity index (χ0) is 17.0. The van der Waals surface area contributed by atoms with Gasteiger partial charge in [-0.05, 0) is 25.0 Å². The second-order valence-electron chi connectivity index (χ2n) is 6.00. The Kier molecular flexibility index (Phi) is 5.47. The largest absolute Gasteiger partial charge is 0.481 e. The number of ketones is 1. The predicted molar refractivity (Wildman–Crippen MR) is 81.5 cm³/mol. The van der Waals surface area contributed by atoms with Gasteiger partial charge in [0.05, 0.1) is 5.92 Å². The van der Waals surface area contributed by atoms with Crippen LogP contribution in [0.4, 0.5) is 4.39 Å². The van der Waals surface area contributed by atoms with Crippen molar-refractivity contribution in [2.75, 3.05) is 13.1 Å². The Morgan fingerprint density at radius 1 is 1.39 bits per heavy atom. The number of piperidine rings is 1. The molecule has 0 radical (unpaired) electrons. The van der Waals surface area contributed by atoms with Crippen molar-refractivity contribution in [1.82, 2.24) is 4.90 Å². The average Bonchev–Trinajstić information content (AvgIpc) is 2.54. The molecule has 5 nitrogen and oxygen atoms in total. The third kappa shape index (κ3) is 4.37. The molecule has 1 N–H and O–H groups in total. The molecule has 1 aliphatic heterocycles. The van der Waals surface area contributed by atoms with E-state index in [0.29, 0.717) is 19.4 Å². The first-order valence-electron chi connectivity index (χ1n) is 7.69. The minimum atomic E-state index is -0.897. The summed E-state index contributed by atoms with van der Waals surface area (Å²) in [4.78, 5) is 37.1. The quantitative estimate of drug-likeness (QED) is 0.845. The molecule has 0 bridgehead atoms. The van der Waals surface area contributed by atoms with Crippen molar-refractivity contribution in [3.63, 3.8) is 0 Å². The summed E-state index contributed by atoms with van der Waals surface area (Å²) >= 11 is 0. The maximum atomic E-state index is 13.2. The van der Waals surface area contributed by atoms with Crippen molar-refractivity contribution in [2.24, 2.45) is 11.8 Å². The van der Waals surface area contributed by atoms with E-state index in [1.165, 1.54) is 23.1 Å². The zero-order valence-electron chi connectivity index (χ0n) is 13.0. The smallest absolute Gasteiger partial charge is 0.308 e. The average molecular weight is 321 g/mol. The van der Waals surface area contributed by atoms with Crippen molar-refractivity contribution >= 4 is 17.7 Å². The van der Waals surface area contributed by atoms with Crippen LogP contribution in [0, 0.1) is 17.7 Å². The summed E-state index contributed by atoms with van der Waals surface area (Å²) in [6.07, 6.45) is 1.22. The second kappa shape index (κ2) is 7.35. The van der Waals surface area contributed by atoms with Crippen molar-refractivity contribution in [3.8, 4) is 0 Å². The summed E-state index contributed by atoms with van der Waals surface area (Å²) in [6.45, 7) is 2.34. The van der Waals surface area contributed by atoms with E-state index in [4.69, 9.17) is 5.11 Å². The number of hydrogen-bond donors (Lipinski definition) is 1. The Morgan fingerprint density at radius 2 is 2.13 bits per heavy atom. The highest BCUT2D eigenvalue weighted by atomic mass is 19.1. The normalized spacial score (nSPS) is 19.2. The number of carbonyl (C=O) groups is 3. The Balaban J connectivity index is 1.96. The van der Waals surface area contributed by atoms with Gasteiger partial charge in [0.15, 0.2) is 5.78 Å². The number of carbonyl (C=O) groups excluding carboxylic acids is 2. The highest BCUT2D eigenvalue weighted by Crippen LogP contribution is 2.20. The predicted octanol–water partition coefficient (Wildman–Crippen LogP) is 2.36. The van der Waals surface area contributed by atoms with Crippen LogP contribution in [-0.4, -0.2) is 40.8 Å². The monoisotopic (exact) mass is 321 g/mol. The molecule has 0 spiro atoms. The molecule has 1 heterocycles. The number of hydrogen-bond acceptors (Lipinski definition) is 3. The molecule has 6 heteroatoms. The van der Waals surface area contributed by atoms with Crippen LogP contribution in [0.1, 0.15) is 36.5 Å². The standard InChI is InChI=1S/C17H20FNO4/c1-11(16(21)12-4-2-6-14(18)9-12)8-15(20)19-7-3-5-13(10-19)17(22)23/h2,4,6,9,11,13H,3,5,7-8,10H2,1H3,(H,22,23). The lowest BCUT2D eigenvalue weighted by atomic mass is 9.94. The second-order valence-corrected chi connectivity index (χ2v) is 6.00. The van der Waals surface area contributed by atoms with Gasteiger partial charge >= 0.3 is 5.97 Å². The van der Waals surface area contributed by atoms with Crippen LogP contribution in [0.3, 0.4) is 0 Å². The number of carboxylic acid groups (broad SMARTS) is 1. The fourth-order valence-electron chi connectivity index (χ4n) is 2.82. The van der Waals surface area contributed by atoms with Gasteiger partial charge in [0.25, 0.3) is 0 Å². The molecule has 23 heavy (non-hydrogen) atoms. The number of amides is 1. The van der Waals surface area contributed by atoms with Gasteiger partial charge in [0, 0.05) is 31.0 Å². The first-order chi connectivity index (χ1) is 10.9. The summed E-state index contributed by atoms with van der Waals surface area (Å²) in [7, 11) is 0. The van der Waals surface area contributed by atoms with E-state index in [2.05, 4.69) is 0 Å². The molecule has 1 amide bonds. The van der Waals surface area contributed by atoms with E-state index in [1.54, 1.807) is 6.92 Å². The van der Waals surface area contributed by atoms with E-state index >= 15 is 0 Å². The Morgan fingerprint density at radius 3 is 2.78 bits per heavy atom. The maximum Gasteiger partial charge on any atom is 0.308 e. The van der Waals surface area contributed by atoms with Crippen molar-refractivity contribution in [1.29, 1.82) is 0 Å². The highest BCUT2D eigenvalue weighted by Gasteiger charge is 2.29. The van der Waals surface area contributed by atoms with E-state index < -0.39 is 23.6 Å². The molecular formula is C17H20FNO4. The van der Waals surface area contributed by atoms with Crippen LogP contribution in [0.2, 0.25) is 0 Å².